The number of rotatable bonds is 17. The highest BCUT2D eigenvalue weighted by atomic mass is 32.2. The van der Waals surface area contributed by atoms with E-state index in [2.05, 4.69) is 32.6 Å². The molecule has 39 heavy (non-hydrogen) atoms. The van der Waals surface area contributed by atoms with Gasteiger partial charge in [0.25, 0.3) is 15.7 Å². The van der Waals surface area contributed by atoms with E-state index in [1.165, 1.54) is 35.3 Å². The number of hydrogen-bond donors (Lipinski definition) is 0. The summed E-state index contributed by atoms with van der Waals surface area (Å²) in [5, 5.41) is 0.362. The third-order valence-electron chi connectivity index (χ3n) is 6.00. The molecule has 0 heterocycles. The van der Waals surface area contributed by atoms with E-state index in [4.69, 9.17) is 0 Å². The molecule has 0 saturated carbocycles. The maximum absolute atomic E-state index is 12.0. The van der Waals surface area contributed by atoms with Crippen LogP contribution in [0.25, 0.3) is 0 Å². The average Bonchev–Trinajstić information content (AvgIpc) is 2.92. The zero-order chi connectivity index (χ0) is 30.4. The van der Waals surface area contributed by atoms with Crippen molar-refractivity contribution in [1.82, 2.24) is 19.6 Å². The van der Waals surface area contributed by atoms with Crippen LogP contribution in [0.4, 0.5) is 14.4 Å². The first-order valence-electron chi connectivity index (χ1n) is 14.2. The molecule has 0 aliphatic carbocycles. The molecule has 0 fully saturated rings. The van der Waals surface area contributed by atoms with Crippen LogP contribution < -0.4 is 0 Å². The molecule has 0 bridgehead atoms. The summed E-state index contributed by atoms with van der Waals surface area (Å²) in [5.41, 5.74) is -0.0407. The lowest BCUT2D eigenvalue weighted by atomic mass is 10.0. The summed E-state index contributed by atoms with van der Waals surface area (Å²) in [6.45, 7) is 26.6. The van der Waals surface area contributed by atoms with Gasteiger partial charge in [0.2, 0.25) is 0 Å². The highest BCUT2D eigenvalue weighted by Crippen LogP contribution is 2.29. The van der Waals surface area contributed by atoms with Gasteiger partial charge in [-0.15, -0.1) is 0 Å². The van der Waals surface area contributed by atoms with Crippen LogP contribution in [-0.2, 0) is 10.8 Å². The normalized spacial score (nSPS) is 12.0. The minimum atomic E-state index is -0.849. The molecule has 0 aliphatic heterocycles. The first-order valence-corrected chi connectivity index (χ1v) is 18.7. The van der Waals surface area contributed by atoms with Crippen molar-refractivity contribution in [3.63, 3.8) is 0 Å². The van der Waals surface area contributed by atoms with Crippen molar-refractivity contribution in [3.8, 4) is 0 Å². The van der Waals surface area contributed by atoms with Crippen molar-refractivity contribution in [3.05, 3.63) is 0 Å². The summed E-state index contributed by atoms with van der Waals surface area (Å²) in [6, 6.07) is 0. The summed E-state index contributed by atoms with van der Waals surface area (Å²) < 4.78 is 11.8. The number of amides is 3. The van der Waals surface area contributed by atoms with E-state index in [1.807, 2.05) is 51.3 Å². The van der Waals surface area contributed by atoms with Gasteiger partial charge in [-0.1, -0.05) is 63.0 Å². The number of thioether (sulfide) groups is 3. The van der Waals surface area contributed by atoms with Crippen molar-refractivity contribution in [1.29, 1.82) is 0 Å². The van der Waals surface area contributed by atoms with E-state index in [-0.39, 0.29) is 21.1 Å². The second-order valence-electron chi connectivity index (χ2n) is 9.48. The zero-order valence-electron chi connectivity index (χ0n) is 26.2. The van der Waals surface area contributed by atoms with Gasteiger partial charge in [-0.2, -0.15) is 0 Å². The van der Waals surface area contributed by atoms with Crippen LogP contribution in [0.2, 0.25) is 0 Å². The van der Waals surface area contributed by atoms with E-state index < -0.39 is 10.8 Å². The topological polar surface area (TPSA) is 81.2 Å². The van der Waals surface area contributed by atoms with Gasteiger partial charge < -0.3 is 14.7 Å². The molecule has 0 rings (SSSR count). The van der Waals surface area contributed by atoms with Crippen molar-refractivity contribution in [2.45, 2.75) is 69.2 Å². The molecular weight excluding hydrogens is 573 g/mol. The molecule has 0 aromatic rings. The Morgan fingerprint density at radius 1 is 0.590 bits per heavy atom. The first kappa shape index (κ1) is 40.7. The molecule has 0 radical (unpaired) electrons. The highest BCUT2D eigenvalue weighted by Gasteiger charge is 2.24. The smallest absolute Gasteiger partial charge is 0.281 e. The van der Waals surface area contributed by atoms with Gasteiger partial charge >= 0.3 is 0 Å². The van der Waals surface area contributed by atoms with Gasteiger partial charge in [0.15, 0.2) is 0 Å². The lowest BCUT2D eigenvalue weighted by Crippen LogP contribution is -2.30. The van der Waals surface area contributed by atoms with Crippen molar-refractivity contribution < 1.29 is 18.6 Å². The summed E-state index contributed by atoms with van der Waals surface area (Å²) in [4.78, 5) is 43.3. The molecule has 3 amide bonds. The predicted octanol–water partition coefficient (Wildman–Crippen LogP) is 6.63. The molecule has 0 aromatic heterocycles. The highest BCUT2D eigenvalue weighted by molar-refractivity contribution is 8.14. The molecule has 8 nitrogen and oxygen atoms in total. The maximum Gasteiger partial charge on any atom is 0.281 e. The van der Waals surface area contributed by atoms with E-state index >= 15 is 0 Å². The fourth-order valence-electron chi connectivity index (χ4n) is 3.17. The molecule has 1 atom stereocenters. The van der Waals surface area contributed by atoms with Crippen LogP contribution in [0.5, 0.6) is 0 Å². The van der Waals surface area contributed by atoms with Gasteiger partial charge in [0.1, 0.15) is 0 Å². The van der Waals surface area contributed by atoms with Crippen molar-refractivity contribution >= 4 is 61.8 Å². The molecule has 0 N–H and O–H groups in total. The second kappa shape index (κ2) is 24.2. The number of carbonyl (C=O) groups excluding carboxylic acids is 3. The number of hydrogen-bond acceptors (Lipinski definition) is 8. The number of carbonyl (C=O) groups is 3. The molecule has 0 spiro atoms. The van der Waals surface area contributed by atoms with Gasteiger partial charge in [0.05, 0.1) is 5.88 Å². The lowest BCUT2D eigenvalue weighted by Gasteiger charge is -2.26. The van der Waals surface area contributed by atoms with E-state index in [9.17, 15) is 18.6 Å². The Hall–Kier alpha value is -0.430. The Bertz CT molecular complexity index is 667. The van der Waals surface area contributed by atoms with Crippen LogP contribution in [0.1, 0.15) is 69.2 Å². The standard InChI is InChI=1S/C15H30N2O2S2.C12H26N2O2S2/c1-7-16(8-2)13(18)20-11-15(5,6)12-21-14(19)17(9-3)10-4;1-5-13(6-2)11-18(16)10-9-17-12(15)14(7-3)8-4/h7-12H2,1-6H3;5-11H2,1-4H3. The van der Waals surface area contributed by atoms with Crippen LogP contribution in [0, 0.1) is 5.41 Å². The molecule has 0 aliphatic rings. The minimum Gasteiger partial charge on any atom is -0.334 e. The quantitative estimate of drug-likeness (QED) is 0.178. The fourth-order valence-corrected chi connectivity index (χ4v) is 8.01. The molecule has 12 heteroatoms. The van der Waals surface area contributed by atoms with E-state index in [0.717, 1.165) is 63.9 Å². The van der Waals surface area contributed by atoms with Crippen LogP contribution in [-0.4, -0.2) is 121 Å². The summed E-state index contributed by atoms with van der Waals surface area (Å²) >= 11 is 4.00. The maximum atomic E-state index is 12.0. The molecular formula is C27H56N4O4S4. The van der Waals surface area contributed by atoms with Crippen LogP contribution >= 0.6 is 35.3 Å². The molecule has 0 aromatic carbocycles. The first-order chi connectivity index (χ1) is 18.4. The Balaban J connectivity index is 0. The Kier molecular flexibility index (Phi) is 25.3. The van der Waals surface area contributed by atoms with Crippen molar-refractivity contribution in [2.75, 3.05) is 81.2 Å². The van der Waals surface area contributed by atoms with Gasteiger partial charge in [0, 0.05) is 73.1 Å². The third kappa shape index (κ3) is 19.3. The zero-order valence-corrected chi connectivity index (χ0v) is 29.5. The molecule has 0 saturated heterocycles. The van der Waals surface area contributed by atoms with Crippen LogP contribution in [0.3, 0.4) is 0 Å². The molecule has 1 unspecified atom stereocenters. The summed E-state index contributed by atoms with van der Waals surface area (Å²) in [6.07, 6.45) is 0. The monoisotopic (exact) mass is 628 g/mol. The van der Waals surface area contributed by atoms with E-state index in [1.54, 1.807) is 4.90 Å². The van der Waals surface area contributed by atoms with E-state index in [0.29, 0.717) is 17.4 Å². The SMILES string of the molecule is CCN(CC)C(=O)SCC(C)(C)CSC(=O)N(CC)CC.CCN(CC)CS(=O)CCSC(=O)N(CC)CC. The number of nitrogens with zero attached hydrogens (tertiary/aromatic N) is 4. The molecule has 232 valence electrons. The minimum absolute atomic E-state index is 0.0407. The Morgan fingerprint density at radius 3 is 1.23 bits per heavy atom. The lowest BCUT2D eigenvalue weighted by molar-refractivity contribution is 0.227. The van der Waals surface area contributed by atoms with Gasteiger partial charge in [-0.05, 0) is 60.0 Å². The van der Waals surface area contributed by atoms with Crippen molar-refractivity contribution in [2.24, 2.45) is 5.41 Å². The largest absolute Gasteiger partial charge is 0.334 e. The Morgan fingerprint density at radius 2 is 0.923 bits per heavy atom. The average molecular weight is 629 g/mol. The Labute approximate surface area is 255 Å². The summed E-state index contributed by atoms with van der Waals surface area (Å²) in [5.74, 6) is 3.33. The third-order valence-corrected chi connectivity index (χ3v) is 11.3. The second-order valence-corrected chi connectivity index (χ2v) is 13.9. The predicted molar refractivity (Wildman–Crippen MR) is 177 cm³/mol. The fraction of sp³-hybridized carbons (Fsp3) is 0.889. The van der Waals surface area contributed by atoms with Crippen LogP contribution in [0.15, 0.2) is 0 Å². The summed E-state index contributed by atoms with van der Waals surface area (Å²) in [7, 11) is -0.849. The van der Waals surface area contributed by atoms with Gasteiger partial charge in [-0.25, -0.2) is 0 Å². The van der Waals surface area contributed by atoms with Gasteiger partial charge in [-0.3, -0.25) is 23.5 Å².